The molecule has 2 aromatic rings. The molecule has 1 aliphatic rings. The van der Waals surface area contributed by atoms with Gasteiger partial charge in [0.2, 0.25) is 0 Å². The Bertz CT molecular complexity index is 736. The van der Waals surface area contributed by atoms with Gasteiger partial charge in [0.05, 0.1) is 12.7 Å². The van der Waals surface area contributed by atoms with E-state index in [0.717, 1.165) is 24.8 Å². The second kappa shape index (κ2) is 6.54. The second-order valence-electron chi connectivity index (χ2n) is 5.87. The molecule has 5 heteroatoms. The van der Waals surface area contributed by atoms with Gasteiger partial charge < -0.3 is 10.1 Å². The predicted molar refractivity (Wildman–Crippen MR) is 91.2 cm³/mol. The number of methoxy groups -OCH3 is 1. The van der Waals surface area contributed by atoms with Crippen LogP contribution in [0.4, 0.5) is 5.00 Å². The molecule has 0 aliphatic heterocycles. The van der Waals surface area contributed by atoms with Crippen LogP contribution in [0.5, 0.6) is 0 Å². The Morgan fingerprint density at radius 3 is 2.70 bits per heavy atom. The smallest absolute Gasteiger partial charge is 0.341 e. The molecule has 1 aromatic carbocycles. The maximum atomic E-state index is 12.4. The first kappa shape index (κ1) is 15.7. The molecule has 0 radical (unpaired) electrons. The molecular formula is C18H19NO3S. The number of ether oxygens (including phenoxy) is 1. The Morgan fingerprint density at radius 1 is 1.26 bits per heavy atom. The first-order valence-electron chi connectivity index (χ1n) is 7.69. The lowest BCUT2D eigenvalue weighted by Crippen LogP contribution is -2.16. The lowest BCUT2D eigenvalue weighted by atomic mass is 9.88. The molecule has 23 heavy (non-hydrogen) atoms. The summed E-state index contributed by atoms with van der Waals surface area (Å²) in [6, 6.07) is 9.00. The number of esters is 1. The molecule has 0 spiro atoms. The van der Waals surface area contributed by atoms with Crippen LogP contribution in [0.25, 0.3) is 0 Å². The van der Waals surface area contributed by atoms with Gasteiger partial charge in [0.15, 0.2) is 0 Å². The molecule has 1 aromatic heterocycles. The van der Waals surface area contributed by atoms with Gasteiger partial charge in [-0.2, -0.15) is 0 Å². The van der Waals surface area contributed by atoms with Crippen LogP contribution in [0, 0.1) is 5.92 Å². The summed E-state index contributed by atoms with van der Waals surface area (Å²) in [6.07, 6.45) is 2.86. The number of fused-ring (bicyclic) bond motifs is 1. The van der Waals surface area contributed by atoms with Gasteiger partial charge in [0.1, 0.15) is 5.00 Å². The van der Waals surface area contributed by atoms with Crippen molar-refractivity contribution in [3.63, 3.8) is 0 Å². The van der Waals surface area contributed by atoms with Gasteiger partial charge in [-0.1, -0.05) is 25.1 Å². The number of nitrogens with one attached hydrogen (secondary N) is 1. The van der Waals surface area contributed by atoms with E-state index >= 15 is 0 Å². The second-order valence-corrected chi connectivity index (χ2v) is 6.97. The minimum absolute atomic E-state index is 0.206. The fourth-order valence-electron chi connectivity index (χ4n) is 2.92. The molecule has 1 aliphatic carbocycles. The number of rotatable bonds is 3. The topological polar surface area (TPSA) is 55.4 Å². The molecule has 0 saturated carbocycles. The summed E-state index contributed by atoms with van der Waals surface area (Å²) in [5.41, 5.74) is 2.15. The molecule has 0 saturated heterocycles. The van der Waals surface area contributed by atoms with Crippen LogP contribution in [-0.4, -0.2) is 19.0 Å². The molecular weight excluding hydrogens is 310 g/mol. The molecule has 4 nitrogen and oxygen atoms in total. The van der Waals surface area contributed by atoms with E-state index in [1.807, 2.05) is 18.2 Å². The summed E-state index contributed by atoms with van der Waals surface area (Å²) in [6.45, 7) is 2.21. The molecule has 120 valence electrons. The third-order valence-electron chi connectivity index (χ3n) is 4.16. The molecule has 1 unspecified atom stereocenters. The van der Waals surface area contributed by atoms with Crippen LogP contribution < -0.4 is 5.32 Å². The van der Waals surface area contributed by atoms with E-state index in [-0.39, 0.29) is 11.9 Å². The number of hydrogen-bond acceptors (Lipinski definition) is 4. The molecule has 1 heterocycles. The average Bonchev–Trinajstić information content (AvgIpc) is 2.91. The van der Waals surface area contributed by atoms with Crippen molar-refractivity contribution in [1.82, 2.24) is 0 Å². The third kappa shape index (κ3) is 3.15. The van der Waals surface area contributed by atoms with Gasteiger partial charge in [-0.15, -0.1) is 11.3 Å². The van der Waals surface area contributed by atoms with Crippen molar-refractivity contribution in [2.75, 3.05) is 12.4 Å². The highest BCUT2D eigenvalue weighted by atomic mass is 32.1. The van der Waals surface area contributed by atoms with Crippen molar-refractivity contribution in [2.24, 2.45) is 5.92 Å². The summed E-state index contributed by atoms with van der Waals surface area (Å²) in [4.78, 5) is 25.8. The van der Waals surface area contributed by atoms with Crippen molar-refractivity contribution in [2.45, 2.75) is 26.2 Å². The highest BCUT2D eigenvalue weighted by Crippen LogP contribution is 2.40. The zero-order valence-corrected chi connectivity index (χ0v) is 14.0. The Morgan fingerprint density at radius 2 is 2.00 bits per heavy atom. The van der Waals surface area contributed by atoms with Crippen LogP contribution in [0.15, 0.2) is 30.3 Å². The van der Waals surface area contributed by atoms with Crippen LogP contribution in [0.3, 0.4) is 0 Å². The van der Waals surface area contributed by atoms with E-state index in [4.69, 9.17) is 4.74 Å². The minimum Gasteiger partial charge on any atom is -0.465 e. The molecule has 0 fully saturated rings. The third-order valence-corrected chi connectivity index (χ3v) is 5.33. The van der Waals surface area contributed by atoms with Crippen LogP contribution in [0.1, 0.15) is 44.5 Å². The largest absolute Gasteiger partial charge is 0.465 e. The summed E-state index contributed by atoms with van der Waals surface area (Å²) in [5.74, 6) is 0.0205. The molecule has 1 amide bonds. The molecule has 1 N–H and O–H groups in total. The number of carbonyl (C=O) groups excluding carboxylic acids is 2. The van der Waals surface area contributed by atoms with E-state index in [9.17, 15) is 9.59 Å². The monoisotopic (exact) mass is 329 g/mol. The number of benzene rings is 1. The normalized spacial score (nSPS) is 16.5. The highest BCUT2D eigenvalue weighted by molar-refractivity contribution is 7.17. The Kier molecular flexibility index (Phi) is 4.48. The van der Waals surface area contributed by atoms with E-state index in [0.29, 0.717) is 22.0 Å². The van der Waals surface area contributed by atoms with Crippen molar-refractivity contribution in [1.29, 1.82) is 0 Å². The van der Waals surface area contributed by atoms with E-state index in [1.165, 1.54) is 23.3 Å². The maximum absolute atomic E-state index is 12.4. The number of carbonyl (C=O) groups is 2. The average molecular weight is 329 g/mol. The first-order chi connectivity index (χ1) is 11.1. The SMILES string of the molecule is COC(=O)c1c(NC(=O)c2ccccc2)sc2c1CCC(C)C2. The predicted octanol–water partition coefficient (Wildman–Crippen LogP) is 3.91. The molecule has 1 atom stereocenters. The summed E-state index contributed by atoms with van der Waals surface area (Å²) < 4.78 is 4.93. The lowest BCUT2D eigenvalue weighted by Gasteiger charge is -2.18. The van der Waals surface area contributed by atoms with E-state index in [2.05, 4.69) is 12.2 Å². The number of hydrogen-bond donors (Lipinski definition) is 1. The quantitative estimate of drug-likeness (QED) is 0.869. The van der Waals surface area contributed by atoms with Crippen LogP contribution in [0.2, 0.25) is 0 Å². The Labute approximate surface area is 139 Å². The lowest BCUT2D eigenvalue weighted by molar-refractivity contribution is 0.0601. The highest BCUT2D eigenvalue weighted by Gasteiger charge is 2.28. The molecule has 0 bridgehead atoms. The van der Waals surface area contributed by atoms with Gasteiger partial charge >= 0.3 is 5.97 Å². The van der Waals surface area contributed by atoms with Crippen LogP contribution >= 0.6 is 11.3 Å². The van der Waals surface area contributed by atoms with E-state index < -0.39 is 0 Å². The van der Waals surface area contributed by atoms with Crippen LogP contribution in [-0.2, 0) is 17.6 Å². The number of amides is 1. The number of thiophene rings is 1. The van der Waals surface area contributed by atoms with Gasteiger partial charge in [-0.3, -0.25) is 4.79 Å². The first-order valence-corrected chi connectivity index (χ1v) is 8.51. The summed E-state index contributed by atoms with van der Waals surface area (Å²) in [7, 11) is 1.38. The van der Waals surface area contributed by atoms with Crippen molar-refractivity contribution >= 4 is 28.2 Å². The maximum Gasteiger partial charge on any atom is 0.341 e. The minimum atomic E-state index is -0.375. The van der Waals surface area contributed by atoms with E-state index in [1.54, 1.807) is 12.1 Å². The van der Waals surface area contributed by atoms with Gasteiger partial charge in [0.25, 0.3) is 5.91 Å². The van der Waals surface area contributed by atoms with Crippen molar-refractivity contribution in [3.05, 3.63) is 51.9 Å². The Balaban J connectivity index is 1.95. The zero-order valence-electron chi connectivity index (χ0n) is 13.2. The standard InChI is InChI=1S/C18H19NO3S/c1-11-8-9-13-14(10-11)23-17(15(13)18(21)22-2)19-16(20)12-6-4-3-5-7-12/h3-7,11H,8-10H2,1-2H3,(H,19,20). The Hall–Kier alpha value is -2.14. The van der Waals surface area contributed by atoms with Crippen molar-refractivity contribution < 1.29 is 14.3 Å². The fourth-order valence-corrected chi connectivity index (χ4v) is 4.32. The summed E-state index contributed by atoms with van der Waals surface area (Å²) >= 11 is 1.50. The van der Waals surface area contributed by atoms with Gasteiger partial charge in [-0.25, -0.2) is 4.79 Å². The number of anilines is 1. The van der Waals surface area contributed by atoms with Gasteiger partial charge in [-0.05, 0) is 42.9 Å². The van der Waals surface area contributed by atoms with Crippen molar-refractivity contribution in [3.8, 4) is 0 Å². The van der Waals surface area contributed by atoms with Gasteiger partial charge in [0, 0.05) is 10.4 Å². The zero-order chi connectivity index (χ0) is 16.4. The summed E-state index contributed by atoms with van der Waals surface area (Å²) in [5, 5.41) is 3.49. The fraction of sp³-hybridized carbons (Fsp3) is 0.333. The molecule has 3 rings (SSSR count).